The molecule has 1 unspecified atom stereocenters. The smallest absolute Gasteiger partial charge is 0.255 e. The zero-order valence-electron chi connectivity index (χ0n) is 32.1. The first-order chi connectivity index (χ1) is 28.2. The second-order valence-electron chi connectivity index (χ2n) is 15.6. The van der Waals surface area contributed by atoms with Gasteiger partial charge in [-0.3, -0.25) is 24.6 Å². The highest BCUT2D eigenvalue weighted by Gasteiger charge is 2.42. The van der Waals surface area contributed by atoms with Crippen molar-refractivity contribution in [2.75, 3.05) is 61.8 Å². The highest BCUT2D eigenvalue weighted by atomic mass is 32.1. The number of nitrogens with one attached hydrogen (secondary N) is 1. The molecular weight excluding hydrogens is 761 g/mol. The van der Waals surface area contributed by atoms with Crippen molar-refractivity contribution in [3.05, 3.63) is 112 Å². The molecule has 2 fully saturated rings. The summed E-state index contributed by atoms with van der Waals surface area (Å²) in [6.45, 7) is 5.33. The predicted octanol–water partition coefficient (Wildman–Crippen LogP) is 6.07. The van der Waals surface area contributed by atoms with Crippen LogP contribution in [0.25, 0.3) is 11.1 Å². The van der Waals surface area contributed by atoms with E-state index in [0.29, 0.717) is 53.8 Å². The lowest BCUT2D eigenvalue weighted by Crippen LogP contribution is -2.44. The van der Waals surface area contributed by atoms with Gasteiger partial charge in [-0.1, -0.05) is 18.2 Å². The van der Waals surface area contributed by atoms with Crippen molar-refractivity contribution in [2.45, 2.75) is 57.2 Å². The van der Waals surface area contributed by atoms with E-state index in [0.717, 1.165) is 75.2 Å². The molecule has 0 aliphatic carbocycles. The Labute approximate surface area is 339 Å². The van der Waals surface area contributed by atoms with E-state index in [1.165, 1.54) is 28.4 Å². The van der Waals surface area contributed by atoms with Crippen molar-refractivity contribution in [3.8, 4) is 11.1 Å². The maximum absolute atomic E-state index is 15.9. The molecule has 5 aromatic rings. The van der Waals surface area contributed by atoms with Gasteiger partial charge < -0.3 is 25.0 Å². The van der Waals surface area contributed by atoms with Gasteiger partial charge in [0.05, 0.1) is 25.1 Å². The molecule has 3 N–H and O–H groups in total. The van der Waals surface area contributed by atoms with Gasteiger partial charge in [-0.15, -0.1) is 11.3 Å². The van der Waals surface area contributed by atoms with Gasteiger partial charge in [0.2, 0.25) is 5.91 Å². The topological polar surface area (TPSA) is 133 Å². The molecule has 15 heteroatoms. The Balaban J connectivity index is 0.840. The number of nitrogens with zero attached hydrogens (tertiary/aromatic N) is 7. The number of thiazole rings is 1. The number of carbonyl (C=O) groups is 3. The fourth-order valence-corrected chi connectivity index (χ4v) is 9.55. The van der Waals surface area contributed by atoms with Crippen LogP contribution in [0.1, 0.15) is 70.5 Å². The molecule has 0 radical (unpaired) electrons. The van der Waals surface area contributed by atoms with Crippen LogP contribution >= 0.6 is 11.3 Å². The number of aromatic nitrogens is 3. The molecule has 4 aliphatic heterocycles. The van der Waals surface area contributed by atoms with E-state index in [9.17, 15) is 18.8 Å². The number of hydrogen-bond acceptors (Lipinski definition) is 9. The third-order valence-corrected chi connectivity index (χ3v) is 12.8. The third kappa shape index (κ3) is 7.44. The van der Waals surface area contributed by atoms with E-state index in [1.54, 1.807) is 36.1 Å². The fourth-order valence-electron chi connectivity index (χ4n) is 9.02. The highest BCUT2D eigenvalue weighted by Crippen LogP contribution is 2.38. The van der Waals surface area contributed by atoms with Crippen LogP contribution < -0.4 is 16.0 Å². The molecule has 2 saturated heterocycles. The lowest BCUT2D eigenvalue weighted by atomic mass is 9.89. The van der Waals surface area contributed by atoms with Crippen molar-refractivity contribution in [1.82, 2.24) is 29.2 Å². The van der Waals surface area contributed by atoms with E-state index in [1.807, 2.05) is 33.7 Å². The number of nitrogen functional groups attached to an aromatic ring is 1. The van der Waals surface area contributed by atoms with E-state index in [2.05, 4.69) is 25.1 Å². The standard InChI is InChI=1S/C43H45F2N9O3S/c44-35-22-29(21-33-34(35)24-54(42(33)57)40(41(56)49-43-47-12-20-58-43)39-37-3-1-13-53(37)26-48-39)27-4-7-31(8-5-27)51-14-2-15-52(19-18-51)38(55)25-50-16-10-28(11-17-50)32-9-6-30(46)23-36(32)45/h4-9,12,20-23,26,28,40H,1-3,10-11,13-19,24-25,46H2,(H,47,49,56). The van der Waals surface area contributed by atoms with Crippen LogP contribution in [0.15, 0.2) is 72.5 Å². The second-order valence-corrected chi connectivity index (χ2v) is 16.5. The van der Waals surface area contributed by atoms with Gasteiger partial charge in [-0.25, -0.2) is 18.7 Å². The number of halogens is 2. The molecule has 9 rings (SSSR count). The zero-order valence-corrected chi connectivity index (χ0v) is 32.9. The first kappa shape index (κ1) is 37.9. The van der Waals surface area contributed by atoms with Crippen LogP contribution in [-0.4, -0.2) is 92.8 Å². The number of hydrogen-bond donors (Lipinski definition) is 2. The van der Waals surface area contributed by atoms with Gasteiger partial charge in [0.25, 0.3) is 11.8 Å². The van der Waals surface area contributed by atoms with Crippen LogP contribution in [0.4, 0.5) is 25.3 Å². The third-order valence-electron chi connectivity index (χ3n) is 12.1. The average molecular weight is 806 g/mol. The van der Waals surface area contributed by atoms with Crippen LogP contribution in [0.2, 0.25) is 0 Å². The van der Waals surface area contributed by atoms with Crippen LogP contribution in [0.5, 0.6) is 0 Å². The summed E-state index contributed by atoms with van der Waals surface area (Å²) in [5.41, 5.74) is 11.1. The Bertz CT molecular complexity index is 2340. The summed E-state index contributed by atoms with van der Waals surface area (Å²) in [4.78, 5) is 57.9. The molecule has 3 amide bonds. The molecule has 3 aromatic carbocycles. The lowest BCUT2D eigenvalue weighted by Gasteiger charge is -2.33. The SMILES string of the molecule is Nc1ccc(C2CCN(CC(=O)N3CCCN(c4ccc(-c5cc(F)c6c(c5)C(=O)N(C(C(=O)Nc5nccs5)c5ncn7c5CCC7)C6)cc4)CC3)CC2)c(F)c1. The summed E-state index contributed by atoms with van der Waals surface area (Å²) < 4.78 is 32.4. The largest absolute Gasteiger partial charge is 0.399 e. The van der Waals surface area contributed by atoms with Gasteiger partial charge in [0.15, 0.2) is 11.2 Å². The van der Waals surface area contributed by atoms with Crippen molar-refractivity contribution >= 4 is 45.6 Å². The number of likely N-dealkylation sites (tertiary alicyclic amines) is 1. The Hall–Kier alpha value is -5.67. The van der Waals surface area contributed by atoms with Gasteiger partial charge >= 0.3 is 0 Å². The van der Waals surface area contributed by atoms with Gasteiger partial charge in [-0.05, 0) is 104 Å². The molecule has 6 heterocycles. The minimum absolute atomic E-state index is 0.0554. The summed E-state index contributed by atoms with van der Waals surface area (Å²) in [6.07, 6.45) is 7.38. The van der Waals surface area contributed by atoms with Crippen LogP contribution in [-0.2, 0) is 29.1 Å². The highest BCUT2D eigenvalue weighted by molar-refractivity contribution is 7.13. The number of anilines is 3. The quantitative estimate of drug-likeness (QED) is 0.172. The molecule has 12 nitrogen and oxygen atoms in total. The summed E-state index contributed by atoms with van der Waals surface area (Å²) in [5.74, 6) is -1.38. The maximum Gasteiger partial charge on any atom is 0.255 e. The molecule has 0 spiro atoms. The number of rotatable bonds is 9. The summed E-state index contributed by atoms with van der Waals surface area (Å²) in [5, 5.41) is 5.01. The molecule has 4 aliphatic rings. The van der Waals surface area contributed by atoms with E-state index in [4.69, 9.17) is 5.73 Å². The number of carbonyl (C=O) groups excluding carboxylic acids is 3. The van der Waals surface area contributed by atoms with Crippen LogP contribution in [0, 0.1) is 11.6 Å². The molecule has 300 valence electrons. The van der Waals surface area contributed by atoms with E-state index in [-0.39, 0.29) is 35.3 Å². The number of imidazole rings is 1. The average Bonchev–Trinajstić information content (AvgIpc) is 4.01. The van der Waals surface area contributed by atoms with Crippen LogP contribution in [0.3, 0.4) is 0 Å². The Kier molecular flexibility index (Phi) is 10.4. The summed E-state index contributed by atoms with van der Waals surface area (Å²) >= 11 is 1.28. The van der Waals surface area contributed by atoms with E-state index < -0.39 is 23.7 Å². The molecule has 2 aromatic heterocycles. The van der Waals surface area contributed by atoms with Crippen molar-refractivity contribution in [2.24, 2.45) is 0 Å². The van der Waals surface area contributed by atoms with E-state index >= 15 is 4.39 Å². The number of benzene rings is 3. The first-order valence-electron chi connectivity index (χ1n) is 20.0. The minimum Gasteiger partial charge on any atom is -0.399 e. The molecule has 0 saturated carbocycles. The van der Waals surface area contributed by atoms with Crippen molar-refractivity contribution in [3.63, 3.8) is 0 Å². The number of amides is 3. The molecule has 58 heavy (non-hydrogen) atoms. The Morgan fingerprint density at radius 3 is 2.50 bits per heavy atom. The minimum atomic E-state index is -1.05. The lowest BCUT2D eigenvalue weighted by molar-refractivity contribution is -0.132. The normalized spacial score (nSPS) is 18.0. The predicted molar refractivity (Wildman–Crippen MR) is 218 cm³/mol. The number of fused-ring (bicyclic) bond motifs is 2. The molecule has 0 bridgehead atoms. The Morgan fingerprint density at radius 2 is 1.72 bits per heavy atom. The van der Waals surface area contributed by atoms with Crippen molar-refractivity contribution < 1.29 is 23.2 Å². The first-order valence-corrected chi connectivity index (χ1v) is 20.9. The van der Waals surface area contributed by atoms with Gasteiger partial charge in [0.1, 0.15) is 11.6 Å². The number of aryl methyl sites for hydroxylation is 1. The molecule has 1 atom stereocenters. The monoisotopic (exact) mass is 805 g/mol. The van der Waals surface area contributed by atoms with Crippen molar-refractivity contribution in [1.29, 1.82) is 0 Å². The maximum atomic E-state index is 15.9. The summed E-state index contributed by atoms with van der Waals surface area (Å²) in [6, 6.07) is 14.9. The number of piperidine rings is 1. The zero-order chi connectivity index (χ0) is 39.9. The van der Waals surface area contributed by atoms with Gasteiger partial charge in [0, 0.05) is 72.5 Å². The fraction of sp³-hybridized carbons (Fsp3) is 0.372. The van der Waals surface area contributed by atoms with Gasteiger partial charge in [-0.2, -0.15) is 0 Å². The molecular formula is C43H45F2N9O3S. The summed E-state index contributed by atoms with van der Waals surface area (Å²) in [7, 11) is 0. The number of nitrogens with two attached hydrogens (primary N) is 1. The second kappa shape index (κ2) is 15.9. The Morgan fingerprint density at radius 1 is 0.897 bits per heavy atom.